The molecule has 0 aliphatic rings. The largest absolute Gasteiger partial charge is 0.397 e. The molecule has 5 nitrogen and oxygen atoms in total. The molecule has 0 aromatic heterocycles. The highest BCUT2D eigenvalue weighted by atomic mass is 16.5. The van der Waals surface area contributed by atoms with Crippen molar-refractivity contribution >= 4 is 17.3 Å². The van der Waals surface area contributed by atoms with E-state index in [1.807, 2.05) is 13.8 Å². The van der Waals surface area contributed by atoms with E-state index in [-0.39, 0.29) is 5.91 Å². The first kappa shape index (κ1) is 15.3. The summed E-state index contributed by atoms with van der Waals surface area (Å²) in [6.45, 7) is 6.70. The Labute approximate surface area is 114 Å². The van der Waals surface area contributed by atoms with Crippen LogP contribution in [0.4, 0.5) is 11.4 Å². The quantitative estimate of drug-likeness (QED) is 0.495. The van der Waals surface area contributed by atoms with E-state index in [0.717, 1.165) is 31.9 Å². The summed E-state index contributed by atoms with van der Waals surface area (Å²) in [4.78, 5) is 11.7. The van der Waals surface area contributed by atoms with Gasteiger partial charge in [0.1, 0.15) is 0 Å². The maximum atomic E-state index is 11.7. The predicted molar refractivity (Wildman–Crippen MR) is 78.5 cm³/mol. The van der Waals surface area contributed by atoms with E-state index in [1.165, 1.54) is 0 Å². The van der Waals surface area contributed by atoms with Crippen LogP contribution in [0.25, 0.3) is 0 Å². The Kier molecular flexibility index (Phi) is 6.74. The van der Waals surface area contributed by atoms with Crippen LogP contribution in [0, 0.1) is 0 Å². The lowest BCUT2D eigenvalue weighted by molar-refractivity contribution is 0.0956. The number of amides is 1. The van der Waals surface area contributed by atoms with Gasteiger partial charge in [0.2, 0.25) is 0 Å². The number of nitrogen functional groups attached to an aromatic ring is 1. The lowest BCUT2D eigenvalue weighted by Crippen LogP contribution is -2.22. The van der Waals surface area contributed by atoms with Crippen molar-refractivity contribution in [3.05, 3.63) is 23.8 Å². The molecule has 106 valence electrons. The summed E-state index contributed by atoms with van der Waals surface area (Å²) < 4.78 is 5.26. The van der Waals surface area contributed by atoms with Gasteiger partial charge in [-0.3, -0.25) is 4.79 Å². The Morgan fingerprint density at radius 3 is 2.84 bits per heavy atom. The van der Waals surface area contributed by atoms with E-state index >= 15 is 0 Å². The summed E-state index contributed by atoms with van der Waals surface area (Å²) in [5.74, 6) is -0.0835. The number of nitrogens with two attached hydrogens (primary N) is 1. The number of benzene rings is 1. The molecule has 1 amide bonds. The van der Waals surface area contributed by atoms with Crippen molar-refractivity contribution in [2.24, 2.45) is 0 Å². The minimum atomic E-state index is -0.0835. The van der Waals surface area contributed by atoms with Gasteiger partial charge in [0.25, 0.3) is 5.91 Å². The standard InChI is InChI=1S/C14H23N3O2/c1-3-16-14(18)11-6-7-12(15)13(10-11)17-8-5-9-19-4-2/h6-7,10,17H,3-5,8-9,15H2,1-2H3,(H,16,18). The Bertz CT molecular complexity index is 408. The first-order valence-corrected chi connectivity index (χ1v) is 6.68. The van der Waals surface area contributed by atoms with Gasteiger partial charge in [-0.2, -0.15) is 0 Å². The highest BCUT2D eigenvalue weighted by molar-refractivity contribution is 5.96. The third-order valence-corrected chi connectivity index (χ3v) is 2.64. The van der Waals surface area contributed by atoms with Gasteiger partial charge in [0.05, 0.1) is 11.4 Å². The molecular formula is C14H23N3O2. The number of carbonyl (C=O) groups is 1. The van der Waals surface area contributed by atoms with Gasteiger partial charge in [0, 0.05) is 31.9 Å². The van der Waals surface area contributed by atoms with Gasteiger partial charge in [-0.05, 0) is 38.5 Å². The van der Waals surface area contributed by atoms with Crippen molar-refractivity contribution in [2.45, 2.75) is 20.3 Å². The molecule has 0 bridgehead atoms. The molecule has 0 unspecified atom stereocenters. The van der Waals surface area contributed by atoms with Gasteiger partial charge in [-0.15, -0.1) is 0 Å². The maximum Gasteiger partial charge on any atom is 0.251 e. The molecule has 1 aromatic carbocycles. The van der Waals surface area contributed by atoms with Gasteiger partial charge in [0.15, 0.2) is 0 Å². The van der Waals surface area contributed by atoms with Crippen LogP contribution in [0.5, 0.6) is 0 Å². The average molecular weight is 265 g/mol. The number of hydrogen-bond donors (Lipinski definition) is 3. The molecule has 0 fully saturated rings. The molecule has 0 atom stereocenters. The minimum absolute atomic E-state index is 0.0835. The number of rotatable bonds is 8. The third kappa shape index (κ3) is 5.18. The summed E-state index contributed by atoms with van der Waals surface area (Å²) in [7, 11) is 0. The van der Waals surface area contributed by atoms with Gasteiger partial charge in [-0.1, -0.05) is 0 Å². The summed E-state index contributed by atoms with van der Waals surface area (Å²) in [5, 5.41) is 5.99. The zero-order valence-corrected chi connectivity index (χ0v) is 11.7. The number of carbonyl (C=O) groups excluding carboxylic acids is 1. The van der Waals surface area contributed by atoms with Crippen molar-refractivity contribution in [3.63, 3.8) is 0 Å². The Morgan fingerprint density at radius 2 is 2.16 bits per heavy atom. The Morgan fingerprint density at radius 1 is 1.37 bits per heavy atom. The topological polar surface area (TPSA) is 76.4 Å². The predicted octanol–water partition coefficient (Wildman–Crippen LogP) is 1.86. The van der Waals surface area contributed by atoms with Gasteiger partial charge >= 0.3 is 0 Å². The molecule has 0 radical (unpaired) electrons. The summed E-state index contributed by atoms with van der Waals surface area (Å²) in [6, 6.07) is 5.25. The average Bonchev–Trinajstić information content (AvgIpc) is 2.40. The second-order valence-corrected chi connectivity index (χ2v) is 4.14. The van der Waals surface area contributed by atoms with Gasteiger partial charge in [-0.25, -0.2) is 0 Å². The van der Waals surface area contributed by atoms with Crippen LogP contribution < -0.4 is 16.4 Å². The minimum Gasteiger partial charge on any atom is -0.397 e. The van der Waals surface area contributed by atoms with E-state index in [0.29, 0.717) is 17.8 Å². The van der Waals surface area contributed by atoms with Gasteiger partial charge < -0.3 is 21.1 Å². The molecule has 19 heavy (non-hydrogen) atoms. The fourth-order valence-electron chi connectivity index (χ4n) is 1.65. The van der Waals surface area contributed by atoms with E-state index < -0.39 is 0 Å². The Hall–Kier alpha value is -1.75. The SMILES string of the molecule is CCNC(=O)c1ccc(N)c(NCCCOCC)c1. The van der Waals surface area contributed by atoms with E-state index in [2.05, 4.69) is 10.6 Å². The summed E-state index contributed by atoms with van der Waals surface area (Å²) >= 11 is 0. The summed E-state index contributed by atoms with van der Waals surface area (Å²) in [6.07, 6.45) is 0.901. The van der Waals surface area contributed by atoms with Crippen LogP contribution in [0.3, 0.4) is 0 Å². The first-order valence-electron chi connectivity index (χ1n) is 6.68. The maximum absolute atomic E-state index is 11.7. The normalized spacial score (nSPS) is 10.2. The smallest absolute Gasteiger partial charge is 0.251 e. The Balaban J connectivity index is 2.56. The van der Waals surface area contributed by atoms with Crippen LogP contribution in [-0.2, 0) is 4.74 Å². The molecule has 0 aliphatic heterocycles. The van der Waals surface area contributed by atoms with Crippen LogP contribution in [0.2, 0.25) is 0 Å². The van der Waals surface area contributed by atoms with Crippen LogP contribution >= 0.6 is 0 Å². The summed E-state index contributed by atoms with van der Waals surface area (Å²) in [5.41, 5.74) is 7.93. The highest BCUT2D eigenvalue weighted by Crippen LogP contribution is 2.20. The molecule has 0 aliphatic carbocycles. The van der Waals surface area contributed by atoms with Crippen molar-refractivity contribution in [1.82, 2.24) is 5.32 Å². The van der Waals surface area contributed by atoms with Crippen LogP contribution in [-0.4, -0.2) is 32.2 Å². The highest BCUT2D eigenvalue weighted by Gasteiger charge is 2.07. The molecule has 1 rings (SSSR count). The molecule has 1 aromatic rings. The second-order valence-electron chi connectivity index (χ2n) is 4.14. The molecule has 5 heteroatoms. The van der Waals surface area contributed by atoms with E-state index in [9.17, 15) is 4.79 Å². The number of nitrogens with one attached hydrogen (secondary N) is 2. The second kappa shape index (κ2) is 8.37. The third-order valence-electron chi connectivity index (χ3n) is 2.64. The van der Waals surface area contributed by atoms with Crippen LogP contribution in [0.15, 0.2) is 18.2 Å². The lowest BCUT2D eigenvalue weighted by Gasteiger charge is -2.11. The number of ether oxygens (including phenoxy) is 1. The molecule has 0 saturated carbocycles. The van der Waals surface area contributed by atoms with E-state index in [4.69, 9.17) is 10.5 Å². The number of hydrogen-bond acceptors (Lipinski definition) is 4. The molecule has 0 heterocycles. The van der Waals surface area contributed by atoms with Crippen molar-refractivity contribution < 1.29 is 9.53 Å². The fourth-order valence-corrected chi connectivity index (χ4v) is 1.65. The zero-order chi connectivity index (χ0) is 14.1. The lowest BCUT2D eigenvalue weighted by atomic mass is 10.1. The van der Waals surface area contributed by atoms with Crippen molar-refractivity contribution in [2.75, 3.05) is 37.4 Å². The monoisotopic (exact) mass is 265 g/mol. The van der Waals surface area contributed by atoms with Crippen LogP contribution in [0.1, 0.15) is 30.6 Å². The van der Waals surface area contributed by atoms with E-state index in [1.54, 1.807) is 18.2 Å². The van der Waals surface area contributed by atoms with Crippen molar-refractivity contribution in [1.29, 1.82) is 0 Å². The molecule has 4 N–H and O–H groups in total. The van der Waals surface area contributed by atoms with Crippen molar-refractivity contribution in [3.8, 4) is 0 Å². The fraction of sp³-hybridized carbons (Fsp3) is 0.500. The molecule has 0 spiro atoms. The number of anilines is 2. The zero-order valence-electron chi connectivity index (χ0n) is 11.7. The molecular weight excluding hydrogens is 242 g/mol. The molecule has 0 saturated heterocycles. The first-order chi connectivity index (χ1) is 9.19.